The molecule has 0 spiro atoms. The second-order valence-electron chi connectivity index (χ2n) is 6.75. The van der Waals surface area contributed by atoms with Gasteiger partial charge in [0, 0.05) is 29.5 Å². The third-order valence-corrected chi connectivity index (χ3v) is 5.72. The molecular weight excluding hydrogens is 346 g/mol. The fraction of sp³-hybridized carbons (Fsp3) is 0.350. The molecule has 0 saturated carbocycles. The zero-order chi connectivity index (χ0) is 17.9. The lowest BCUT2D eigenvalue weighted by Gasteiger charge is -2.32. The van der Waals surface area contributed by atoms with Crippen LogP contribution in [0.4, 0.5) is 0 Å². The molecule has 0 radical (unpaired) electrons. The molecule has 3 aromatic rings. The quantitative estimate of drug-likeness (QED) is 0.501. The van der Waals surface area contributed by atoms with Crippen LogP contribution in [0.15, 0.2) is 52.0 Å². The minimum absolute atomic E-state index is 0.0707. The van der Waals surface area contributed by atoms with Gasteiger partial charge in [-0.1, -0.05) is 18.2 Å². The van der Waals surface area contributed by atoms with Crippen molar-refractivity contribution in [2.75, 3.05) is 19.3 Å². The van der Waals surface area contributed by atoms with Crippen molar-refractivity contribution in [3.05, 3.63) is 53.6 Å². The standard InChI is InChI=1S/C20H21N3O2S/c1-26-17-7-5-15(6-8-17)20(24)16-3-2-10-23(13-16)12-14-4-9-18-19(11-14)22-25-21-18/h4-9,11,16H,2-3,10,12-13H2,1H3/t16-/m0/s1. The molecular formula is C20H21N3O2S. The summed E-state index contributed by atoms with van der Waals surface area (Å²) in [6.07, 6.45) is 4.06. The maximum absolute atomic E-state index is 12.9. The minimum Gasteiger partial charge on any atom is -0.298 e. The van der Waals surface area contributed by atoms with Crippen molar-refractivity contribution in [2.45, 2.75) is 24.3 Å². The number of aromatic nitrogens is 2. The van der Waals surface area contributed by atoms with Gasteiger partial charge in [-0.15, -0.1) is 11.8 Å². The Morgan fingerprint density at radius 1 is 1.19 bits per heavy atom. The first kappa shape index (κ1) is 17.2. The molecule has 1 aliphatic heterocycles. The molecule has 2 aromatic carbocycles. The van der Waals surface area contributed by atoms with E-state index in [2.05, 4.69) is 21.3 Å². The number of nitrogens with zero attached hydrogens (tertiary/aromatic N) is 3. The highest BCUT2D eigenvalue weighted by atomic mass is 32.2. The van der Waals surface area contributed by atoms with Gasteiger partial charge < -0.3 is 0 Å². The highest BCUT2D eigenvalue weighted by Gasteiger charge is 2.26. The Balaban J connectivity index is 1.43. The summed E-state index contributed by atoms with van der Waals surface area (Å²) in [5, 5.41) is 7.75. The third-order valence-electron chi connectivity index (χ3n) is 4.98. The average Bonchev–Trinajstić information content (AvgIpc) is 3.15. The van der Waals surface area contributed by atoms with E-state index in [1.807, 2.05) is 42.7 Å². The Morgan fingerprint density at radius 3 is 2.81 bits per heavy atom. The van der Waals surface area contributed by atoms with Crippen molar-refractivity contribution in [1.29, 1.82) is 0 Å². The molecule has 0 unspecified atom stereocenters. The van der Waals surface area contributed by atoms with Crippen LogP contribution in [0.2, 0.25) is 0 Å². The molecule has 0 bridgehead atoms. The zero-order valence-electron chi connectivity index (χ0n) is 14.7. The predicted octanol–water partition coefficient (Wildman–Crippen LogP) is 4.04. The molecule has 1 aliphatic rings. The van der Waals surface area contributed by atoms with Gasteiger partial charge in [-0.2, -0.15) is 0 Å². The number of piperidine rings is 1. The van der Waals surface area contributed by atoms with Crippen LogP contribution in [0.25, 0.3) is 11.0 Å². The molecule has 0 amide bonds. The van der Waals surface area contributed by atoms with Crippen molar-refractivity contribution in [3.8, 4) is 0 Å². The molecule has 6 heteroatoms. The van der Waals surface area contributed by atoms with Crippen molar-refractivity contribution in [1.82, 2.24) is 15.2 Å². The Bertz CT molecular complexity index is 907. The van der Waals surface area contributed by atoms with Crippen LogP contribution in [0.5, 0.6) is 0 Å². The Kier molecular flexibility index (Phi) is 5.04. The highest BCUT2D eigenvalue weighted by molar-refractivity contribution is 7.98. The van der Waals surface area contributed by atoms with E-state index in [0.717, 1.165) is 49.1 Å². The highest BCUT2D eigenvalue weighted by Crippen LogP contribution is 2.24. The average molecular weight is 367 g/mol. The number of rotatable bonds is 5. The van der Waals surface area contributed by atoms with Crippen molar-refractivity contribution < 1.29 is 9.42 Å². The number of fused-ring (bicyclic) bond motifs is 1. The molecule has 5 nitrogen and oxygen atoms in total. The first-order valence-corrected chi connectivity index (χ1v) is 10.1. The van der Waals surface area contributed by atoms with Crippen LogP contribution in [-0.2, 0) is 6.54 Å². The van der Waals surface area contributed by atoms with Gasteiger partial charge in [0.1, 0.15) is 11.0 Å². The van der Waals surface area contributed by atoms with Crippen molar-refractivity contribution in [2.24, 2.45) is 5.92 Å². The van der Waals surface area contributed by atoms with Crippen LogP contribution in [0, 0.1) is 5.92 Å². The summed E-state index contributed by atoms with van der Waals surface area (Å²) in [5.74, 6) is 0.333. The zero-order valence-corrected chi connectivity index (χ0v) is 15.5. The molecule has 0 aliphatic carbocycles. The van der Waals surface area contributed by atoms with E-state index in [1.54, 1.807) is 11.8 Å². The summed E-state index contributed by atoms with van der Waals surface area (Å²) < 4.78 is 4.76. The molecule has 1 fully saturated rings. The van der Waals surface area contributed by atoms with Crippen LogP contribution < -0.4 is 0 Å². The minimum atomic E-state index is 0.0707. The Labute approximate surface area is 156 Å². The molecule has 2 heterocycles. The van der Waals surface area contributed by atoms with Gasteiger partial charge in [-0.3, -0.25) is 9.69 Å². The van der Waals surface area contributed by atoms with E-state index in [9.17, 15) is 4.79 Å². The summed E-state index contributed by atoms with van der Waals surface area (Å²) in [7, 11) is 0. The Morgan fingerprint density at radius 2 is 2.00 bits per heavy atom. The van der Waals surface area contributed by atoms with Gasteiger partial charge in [0.2, 0.25) is 0 Å². The van der Waals surface area contributed by atoms with Gasteiger partial charge in [-0.25, -0.2) is 4.63 Å². The molecule has 134 valence electrons. The lowest BCUT2D eigenvalue weighted by molar-refractivity contribution is 0.0811. The third kappa shape index (κ3) is 3.66. The second-order valence-corrected chi connectivity index (χ2v) is 7.63. The Hall–Kier alpha value is -2.18. The van der Waals surface area contributed by atoms with E-state index >= 15 is 0 Å². The molecule has 0 N–H and O–H groups in total. The maximum Gasteiger partial charge on any atom is 0.167 e. The van der Waals surface area contributed by atoms with Gasteiger partial charge in [0.25, 0.3) is 0 Å². The first-order valence-electron chi connectivity index (χ1n) is 8.85. The number of ketones is 1. The SMILES string of the molecule is CSc1ccc(C(=O)[C@H]2CCCN(Cc3ccc4nonc4c3)C2)cc1. The summed E-state index contributed by atoms with van der Waals surface area (Å²) >= 11 is 1.69. The van der Waals surface area contributed by atoms with Gasteiger partial charge >= 0.3 is 0 Å². The number of carbonyl (C=O) groups excluding carboxylic acids is 1. The van der Waals surface area contributed by atoms with Gasteiger partial charge in [0.15, 0.2) is 5.78 Å². The first-order chi connectivity index (χ1) is 12.7. The second kappa shape index (κ2) is 7.60. The largest absolute Gasteiger partial charge is 0.298 e. The van der Waals surface area contributed by atoms with E-state index in [0.29, 0.717) is 0 Å². The number of likely N-dealkylation sites (tertiary alicyclic amines) is 1. The van der Waals surface area contributed by atoms with E-state index < -0.39 is 0 Å². The number of benzene rings is 2. The lowest BCUT2D eigenvalue weighted by Crippen LogP contribution is -2.38. The number of Topliss-reactive ketones (excluding diaryl/α,β-unsaturated/α-hetero) is 1. The lowest BCUT2D eigenvalue weighted by atomic mass is 9.90. The smallest absolute Gasteiger partial charge is 0.167 e. The maximum atomic E-state index is 12.9. The van der Waals surface area contributed by atoms with Crippen LogP contribution >= 0.6 is 11.8 Å². The van der Waals surface area contributed by atoms with E-state index in [4.69, 9.17) is 4.63 Å². The fourth-order valence-corrected chi connectivity index (χ4v) is 4.00. The summed E-state index contributed by atoms with van der Waals surface area (Å²) in [6, 6.07) is 14.0. The van der Waals surface area contributed by atoms with Crippen LogP contribution in [0.3, 0.4) is 0 Å². The normalized spacial score (nSPS) is 18.3. The summed E-state index contributed by atoms with van der Waals surface area (Å²) in [4.78, 5) is 16.4. The predicted molar refractivity (Wildman–Crippen MR) is 102 cm³/mol. The summed E-state index contributed by atoms with van der Waals surface area (Å²) in [5.41, 5.74) is 3.55. The molecule has 4 rings (SSSR count). The monoisotopic (exact) mass is 367 g/mol. The van der Waals surface area contributed by atoms with E-state index in [-0.39, 0.29) is 11.7 Å². The number of carbonyl (C=O) groups is 1. The molecule has 1 aromatic heterocycles. The van der Waals surface area contributed by atoms with Crippen LogP contribution in [0.1, 0.15) is 28.8 Å². The van der Waals surface area contributed by atoms with Crippen molar-refractivity contribution >= 4 is 28.6 Å². The molecule has 1 saturated heterocycles. The topological polar surface area (TPSA) is 59.2 Å². The van der Waals surface area contributed by atoms with Crippen LogP contribution in [-0.4, -0.2) is 40.3 Å². The molecule has 1 atom stereocenters. The summed E-state index contributed by atoms with van der Waals surface area (Å²) in [6.45, 7) is 2.64. The number of hydrogen-bond acceptors (Lipinski definition) is 6. The number of thioether (sulfide) groups is 1. The van der Waals surface area contributed by atoms with Gasteiger partial charge in [-0.05, 0) is 65.8 Å². The number of hydrogen-bond donors (Lipinski definition) is 0. The fourth-order valence-electron chi connectivity index (χ4n) is 3.59. The molecule has 26 heavy (non-hydrogen) atoms. The van der Waals surface area contributed by atoms with Gasteiger partial charge in [0.05, 0.1) is 0 Å². The van der Waals surface area contributed by atoms with Crippen molar-refractivity contribution in [3.63, 3.8) is 0 Å². The van der Waals surface area contributed by atoms with E-state index in [1.165, 1.54) is 10.5 Å².